The average molecular weight is 357 g/mol. The number of hydrogen-bond acceptors (Lipinski definition) is 5. The summed E-state index contributed by atoms with van der Waals surface area (Å²) in [6, 6.07) is -0.128. The largest absolute Gasteiger partial charge is 0.339 e. The van der Waals surface area contributed by atoms with E-state index in [0.29, 0.717) is 18.3 Å². The van der Waals surface area contributed by atoms with E-state index in [0.717, 1.165) is 38.1 Å². The first-order chi connectivity index (χ1) is 12.6. The summed E-state index contributed by atoms with van der Waals surface area (Å²) in [5.74, 6) is 2.18. The van der Waals surface area contributed by atoms with E-state index in [1.54, 1.807) is 18.3 Å². The molecule has 0 N–H and O–H groups in total. The molecular weight excluding hydrogens is 330 g/mol. The summed E-state index contributed by atoms with van der Waals surface area (Å²) in [6.45, 7) is 7.62. The van der Waals surface area contributed by atoms with Crippen LogP contribution in [0.4, 0.5) is 0 Å². The SMILES string of the molecule is CCn1ccnc1C=CC(=O)N1CCCCCC1c1noc(C(C)C)n1. The van der Waals surface area contributed by atoms with Crippen LogP contribution in [-0.2, 0) is 11.3 Å². The second-order valence-electron chi connectivity index (χ2n) is 6.95. The van der Waals surface area contributed by atoms with Crippen molar-refractivity contribution in [3.63, 3.8) is 0 Å². The first-order valence-electron chi connectivity index (χ1n) is 9.43. The minimum Gasteiger partial charge on any atom is -0.339 e. The van der Waals surface area contributed by atoms with E-state index < -0.39 is 0 Å². The zero-order chi connectivity index (χ0) is 18.5. The van der Waals surface area contributed by atoms with Crippen LogP contribution in [0.25, 0.3) is 6.08 Å². The Bertz CT molecular complexity index is 762. The standard InChI is InChI=1S/C19H27N5O2/c1-4-23-13-11-20-16(23)9-10-17(25)24-12-7-5-6-8-15(24)18-21-19(14(2)3)26-22-18/h9-11,13-15H,4-8,12H2,1-3H3. The Kier molecular flexibility index (Phi) is 5.85. The molecule has 1 fully saturated rings. The molecule has 0 aromatic carbocycles. The monoisotopic (exact) mass is 357 g/mol. The molecule has 0 radical (unpaired) electrons. The van der Waals surface area contributed by atoms with Gasteiger partial charge in [-0.15, -0.1) is 0 Å². The maximum absolute atomic E-state index is 12.9. The molecule has 7 nitrogen and oxygen atoms in total. The molecule has 1 aliphatic heterocycles. The first kappa shape index (κ1) is 18.4. The van der Waals surface area contributed by atoms with Gasteiger partial charge in [0.2, 0.25) is 11.8 Å². The maximum atomic E-state index is 12.9. The third-order valence-corrected chi connectivity index (χ3v) is 4.75. The van der Waals surface area contributed by atoms with Crippen LogP contribution in [0.2, 0.25) is 0 Å². The average Bonchev–Trinajstić information content (AvgIpc) is 3.23. The lowest BCUT2D eigenvalue weighted by molar-refractivity contribution is -0.128. The number of amides is 1. The number of aromatic nitrogens is 4. The summed E-state index contributed by atoms with van der Waals surface area (Å²) >= 11 is 0. The van der Waals surface area contributed by atoms with Gasteiger partial charge in [0.1, 0.15) is 5.82 Å². The Morgan fingerprint density at radius 2 is 2.23 bits per heavy atom. The van der Waals surface area contributed by atoms with E-state index in [2.05, 4.69) is 15.1 Å². The van der Waals surface area contributed by atoms with Crippen LogP contribution < -0.4 is 0 Å². The highest BCUT2D eigenvalue weighted by atomic mass is 16.5. The van der Waals surface area contributed by atoms with Crippen LogP contribution in [0.3, 0.4) is 0 Å². The summed E-state index contributed by atoms with van der Waals surface area (Å²) in [5.41, 5.74) is 0. The number of imidazole rings is 1. The third-order valence-electron chi connectivity index (χ3n) is 4.75. The molecule has 7 heteroatoms. The molecule has 3 rings (SSSR count). The molecule has 0 aliphatic carbocycles. The lowest BCUT2D eigenvalue weighted by Gasteiger charge is -2.26. The molecule has 3 heterocycles. The molecule has 1 saturated heterocycles. The summed E-state index contributed by atoms with van der Waals surface area (Å²) in [5, 5.41) is 4.15. The number of rotatable bonds is 5. The molecule has 1 unspecified atom stereocenters. The van der Waals surface area contributed by atoms with E-state index in [9.17, 15) is 4.79 Å². The highest BCUT2D eigenvalue weighted by Crippen LogP contribution is 2.29. The Balaban J connectivity index is 1.80. The fraction of sp³-hybridized carbons (Fsp3) is 0.579. The van der Waals surface area contributed by atoms with Crippen molar-refractivity contribution >= 4 is 12.0 Å². The minimum absolute atomic E-state index is 0.0292. The van der Waals surface area contributed by atoms with Gasteiger partial charge in [-0.1, -0.05) is 31.8 Å². The van der Waals surface area contributed by atoms with Gasteiger partial charge in [-0.25, -0.2) is 4.98 Å². The van der Waals surface area contributed by atoms with Crippen molar-refractivity contribution in [3.05, 3.63) is 36.0 Å². The predicted octanol–water partition coefficient (Wildman–Crippen LogP) is 3.57. The van der Waals surface area contributed by atoms with Gasteiger partial charge in [-0.2, -0.15) is 4.98 Å². The number of carbonyl (C=O) groups excluding carboxylic acids is 1. The summed E-state index contributed by atoms with van der Waals surface area (Å²) < 4.78 is 7.36. The number of likely N-dealkylation sites (tertiary alicyclic amines) is 1. The molecular formula is C19H27N5O2. The first-order valence-corrected chi connectivity index (χ1v) is 9.43. The van der Waals surface area contributed by atoms with E-state index in [1.165, 1.54) is 0 Å². The van der Waals surface area contributed by atoms with Gasteiger partial charge >= 0.3 is 0 Å². The smallest absolute Gasteiger partial charge is 0.247 e. The van der Waals surface area contributed by atoms with Crippen molar-refractivity contribution < 1.29 is 9.32 Å². The molecule has 1 amide bonds. The normalized spacial score (nSPS) is 18.6. The highest BCUT2D eigenvalue weighted by molar-refractivity contribution is 5.91. The Morgan fingerprint density at radius 1 is 1.38 bits per heavy atom. The molecule has 140 valence electrons. The summed E-state index contributed by atoms with van der Waals surface area (Å²) in [7, 11) is 0. The topological polar surface area (TPSA) is 77.0 Å². The number of aryl methyl sites for hydroxylation is 1. The zero-order valence-electron chi connectivity index (χ0n) is 15.8. The molecule has 1 atom stereocenters. The third kappa shape index (κ3) is 4.03. The van der Waals surface area contributed by atoms with Gasteiger partial charge in [0.15, 0.2) is 5.82 Å². The summed E-state index contributed by atoms with van der Waals surface area (Å²) in [4.78, 5) is 23.6. The van der Waals surface area contributed by atoms with Gasteiger partial charge in [-0.05, 0) is 25.8 Å². The molecule has 1 aliphatic rings. The van der Waals surface area contributed by atoms with Gasteiger partial charge in [0.25, 0.3) is 0 Å². The van der Waals surface area contributed by atoms with Gasteiger partial charge in [0, 0.05) is 37.5 Å². The van der Waals surface area contributed by atoms with Gasteiger partial charge < -0.3 is 14.0 Å². The van der Waals surface area contributed by atoms with E-state index >= 15 is 0 Å². The fourth-order valence-corrected chi connectivity index (χ4v) is 3.25. The maximum Gasteiger partial charge on any atom is 0.247 e. The second-order valence-corrected chi connectivity index (χ2v) is 6.95. The Morgan fingerprint density at radius 3 is 2.96 bits per heavy atom. The Hall–Kier alpha value is -2.44. The lowest BCUT2D eigenvalue weighted by Crippen LogP contribution is -2.34. The van der Waals surface area contributed by atoms with Gasteiger partial charge in [-0.3, -0.25) is 4.79 Å². The molecule has 2 aromatic rings. The van der Waals surface area contributed by atoms with Crippen molar-refractivity contribution in [3.8, 4) is 0 Å². The van der Waals surface area contributed by atoms with Crippen molar-refractivity contribution in [2.75, 3.05) is 6.54 Å². The van der Waals surface area contributed by atoms with Crippen LogP contribution in [0, 0.1) is 0 Å². The highest BCUT2D eigenvalue weighted by Gasteiger charge is 2.29. The van der Waals surface area contributed by atoms with Crippen LogP contribution in [0.5, 0.6) is 0 Å². The van der Waals surface area contributed by atoms with Crippen LogP contribution in [0.1, 0.15) is 76.0 Å². The molecule has 26 heavy (non-hydrogen) atoms. The Labute approximate surface area is 154 Å². The van der Waals surface area contributed by atoms with Crippen molar-refractivity contribution in [1.82, 2.24) is 24.6 Å². The summed E-state index contributed by atoms with van der Waals surface area (Å²) in [6.07, 6.45) is 11.1. The number of carbonyl (C=O) groups is 1. The van der Waals surface area contributed by atoms with Crippen molar-refractivity contribution in [2.24, 2.45) is 0 Å². The van der Waals surface area contributed by atoms with Crippen LogP contribution >= 0.6 is 0 Å². The fourth-order valence-electron chi connectivity index (χ4n) is 3.25. The molecule has 0 spiro atoms. The molecule has 0 saturated carbocycles. The number of nitrogens with zero attached hydrogens (tertiary/aromatic N) is 5. The molecule has 2 aromatic heterocycles. The number of hydrogen-bond donors (Lipinski definition) is 0. The van der Waals surface area contributed by atoms with E-state index in [1.807, 2.05) is 36.4 Å². The minimum atomic E-state index is -0.128. The van der Waals surface area contributed by atoms with Gasteiger partial charge in [0.05, 0.1) is 6.04 Å². The van der Waals surface area contributed by atoms with Crippen LogP contribution in [0.15, 0.2) is 23.0 Å². The molecule has 0 bridgehead atoms. The lowest BCUT2D eigenvalue weighted by atomic mass is 10.1. The van der Waals surface area contributed by atoms with Crippen LogP contribution in [-0.4, -0.2) is 37.0 Å². The second kappa shape index (κ2) is 8.29. The van der Waals surface area contributed by atoms with Crippen molar-refractivity contribution in [1.29, 1.82) is 0 Å². The van der Waals surface area contributed by atoms with E-state index in [-0.39, 0.29) is 17.9 Å². The zero-order valence-corrected chi connectivity index (χ0v) is 15.8. The van der Waals surface area contributed by atoms with Crippen molar-refractivity contribution in [2.45, 2.75) is 65.0 Å². The predicted molar refractivity (Wildman–Crippen MR) is 98.2 cm³/mol. The van der Waals surface area contributed by atoms with E-state index in [4.69, 9.17) is 4.52 Å². The quantitative estimate of drug-likeness (QED) is 0.765.